The van der Waals surface area contributed by atoms with Crippen molar-refractivity contribution in [3.8, 4) is 0 Å². The first-order valence-corrected chi connectivity index (χ1v) is 10.3. The second kappa shape index (κ2) is 7.87. The van der Waals surface area contributed by atoms with Gasteiger partial charge in [0, 0.05) is 18.1 Å². The van der Waals surface area contributed by atoms with E-state index in [2.05, 4.69) is 0 Å². The van der Waals surface area contributed by atoms with E-state index in [9.17, 15) is 8.42 Å². The van der Waals surface area contributed by atoms with Crippen LogP contribution in [0.15, 0.2) is 54.6 Å². The molecule has 0 radical (unpaired) electrons. The van der Waals surface area contributed by atoms with Crippen LogP contribution in [0.3, 0.4) is 0 Å². The molecule has 2 aromatic rings. The number of halogens is 1. The fourth-order valence-corrected chi connectivity index (χ4v) is 5.06. The Balaban J connectivity index is 1.73. The number of rotatable bonds is 5. The van der Waals surface area contributed by atoms with Gasteiger partial charge in [-0.3, -0.25) is 0 Å². The van der Waals surface area contributed by atoms with Crippen molar-refractivity contribution in [1.82, 2.24) is 4.31 Å². The van der Waals surface area contributed by atoms with Crippen LogP contribution in [0.1, 0.15) is 18.1 Å². The van der Waals surface area contributed by atoms with E-state index in [4.69, 9.17) is 16.3 Å². The molecule has 1 saturated heterocycles. The average molecular weight is 380 g/mol. The molecule has 1 aliphatic heterocycles. The Hall–Kier alpha value is -1.40. The molecule has 2 aromatic carbocycles. The van der Waals surface area contributed by atoms with Crippen molar-refractivity contribution < 1.29 is 13.2 Å². The number of benzene rings is 2. The van der Waals surface area contributed by atoms with Crippen molar-refractivity contribution in [2.24, 2.45) is 0 Å². The van der Waals surface area contributed by atoms with Crippen LogP contribution in [0.5, 0.6) is 0 Å². The Morgan fingerprint density at radius 2 is 1.76 bits per heavy atom. The first kappa shape index (κ1) is 18.4. The van der Waals surface area contributed by atoms with Crippen LogP contribution >= 0.6 is 11.6 Å². The maximum Gasteiger partial charge on any atom is 0.218 e. The van der Waals surface area contributed by atoms with Crippen LogP contribution in [0, 0.1) is 0 Å². The Labute approximate surface area is 154 Å². The third-order valence-electron chi connectivity index (χ3n) is 4.29. The predicted molar refractivity (Wildman–Crippen MR) is 100 cm³/mol. The lowest BCUT2D eigenvalue weighted by molar-refractivity contribution is -0.0529. The van der Waals surface area contributed by atoms with Crippen molar-refractivity contribution in [2.45, 2.75) is 31.3 Å². The summed E-state index contributed by atoms with van der Waals surface area (Å²) in [7, 11) is -3.45. The van der Waals surface area contributed by atoms with Gasteiger partial charge >= 0.3 is 0 Å². The maximum atomic E-state index is 12.9. The van der Waals surface area contributed by atoms with E-state index in [1.807, 2.05) is 37.3 Å². The molecule has 0 spiro atoms. The zero-order valence-electron chi connectivity index (χ0n) is 14.1. The van der Waals surface area contributed by atoms with Gasteiger partial charge in [-0.05, 0) is 30.5 Å². The van der Waals surface area contributed by atoms with Gasteiger partial charge in [-0.15, -0.1) is 0 Å². The normalized spacial score (nSPS) is 22.0. The summed E-state index contributed by atoms with van der Waals surface area (Å²) in [6, 6.07) is 17.1. The van der Waals surface area contributed by atoms with E-state index in [0.29, 0.717) is 30.1 Å². The number of morpholine rings is 1. The number of ether oxygens (including phenoxy) is 1. The number of hydrogen-bond donors (Lipinski definition) is 0. The highest BCUT2D eigenvalue weighted by atomic mass is 35.5. The second-order valence-corrected chi connectivity index (χ2v) is 8.80. The lowest BCUT2D eigenvalue weighted by Gasteiger charge is -2.36. The number of sulfonamides is 1. The molecular weight excluding hydrogens is 358 g/mol. The molecule has 1 fully saturated rings. The Kier molecular flexibility index (Phi) is 5.79. The summed E-state index contributed by atoms with van der Waals surface area (Å²) < 4.78 is 33.2. The molecule has 0 N–H and O–H groups in total. The fourth-order valence-electron chi connectivity index (χ4n) is 3.12. The third kappa shape index (κ3) is 4.82. The molecule has 2 unspecified atom stereocenters. The summed E-state index contributed by atoms with van der Waals surface area (Å²) in [5.74, 6) is -0.0859. The van der Waals surface area contributed by atoms with Crippen LogP contribution in [0.2, 0.25) is 5.02 Å². The van der Waals surface area contributed by atoms with Crippen molar-refractivity contribution in [2.75, 3.05) is 13.1 Å². The second-order valence-electron chi connectivity index (χ2n) is 6.42. The van der Waals surface area contributed by atoms with E-state index in [-0.39, 0.29) is 18.0 Å². The molecule has 0 aliphatic carbocycles. The zero-order chi connectivity index (χ0) is 17.9. The van der Waals surface area contributed by atoms with Crippen LogP contribution in [-0.2, 0) is 26.9 Å². The smallest absolute Gasteiger partial charge is 0.218 e. The molecule has 134 valence electrons. The minimum Gasteiger partial charge on any atom is -0.372 e. The van der Waals surface area contributed by atoms with E-state index in [0.717, 1.165) is 5.56 Å². The van der Waals surface area contributed by atoms with Gasteiger partial charge in [0.25, 0.3) is 0 Å². The van der Waals surface area contributed by atoms with E-state index in [1.165, 1.54) is 4.31 Å². The average Bonchev–Trinajstić information content (AvgIpc) is 2.57. The quantitative estimate of drug-likeness (QED) is 0.798. The maximum absolute atomic E-state index is 12.9. The highest BCUT2D eigenvalue weighted by Gasteiger charge is 2.33. The van der Waals surface area contributed by atoms with Gasteiger partial charge in [-0.1, -0.05) is 60.1 Å². The van der Waals surface area contributed by atoms with Crippen LogP contribution in [-0.4, -0.2) is 38.0 Å². The van der Waals surface area contributed by atoms with Crippen LogP contribution < -0.4 is 0 Å². The van der Waals surface area contributed by atoms with E-state index in [1.54, 1.807) is 24.3 Å². The number of hydrogen-bond acceptors (Lipinski definition) is 3. The minimum atomic E-state index is -3.45. The van der Waals surface area contributed by atoms with Crippen LogP contribution in [0.25, 0.3) is 0 Å². The Morgan fingerprint density at radius 3 is 2.48 bits per heavy atom. The molecule has 25 heavy (non-hydrogen) atoms. The molecular formula is C19H22ClNO3S. The summed E-state index contributed by atoms with van der Waals surface area (Å²) in [6.07, 6.45) is 0.416. The topological polar surface area (TPSA) is 46.6 Å². The summed E-state index contributed by atoms with van der Waals surface area (Å²) >= 11 is 6.13. The van der Waals surface area contributed by atoms with Crippen LogP contribution in [0.4, 0.5) is 0 Å². The first-order valence-electron chi connectivity index (χ1n) is 8.34. The van der Waals surface area contributed by atoms with Gasteiger partial charge in [0.2, 0.25) is 10.0 Å². The van der Waals surface area contributed by atoms with Gasteiger partial charge in [0.05, 0.1) is 18.0 Å². The van der Waals surface area contributed by atoms with Crippen molar-refractivity contribution in [1.29, 1.82) is 0 Å². The van der Waals surface area contributed by atoms with Gasteiger partial charge in [0.15, 0.2) is 0 Å². The van der Waals surface area contributed by atoms with Gasteiger partial charge in [-0.25, -0.2) is 8.42 Å². The monoisotopic (exact) mass is 379 g/mol. The summed E-state index contributed by atoms with van der Waals surface area (Å²) in [4.78, 5) is 0. The molecule has 4 nitrogen and oxygen atoms in total. The highest BCUT2D eigenvalue weighted by Crippen LogP contribution is 2.23. The molecule has 0 saturated carbocycles. The molecule has 1 heterocycles. The molecule has 0 aromatic heterocycles. The lowest BCUT2D eigenvalue weighted by Crippen LogP contribution is -2.50. The molecule has 0 bridgehead atoms. The summed E-state index contributed by atoms with van der Waals surface area (Å²) in [5.41, 5.74) is 1.77. The highest BCUT2D eigenvalue weighted by molar-refractivity contribution is 7.88. The third-order valence-corrected chi connectivity index (χ3v) is 6.42. The SMILES string of the molecule is CC1CN(S(=O)(=O)Cc2ccccc2Cl)CC(Cc2ccccc2)O1. The molecule has 3 rings (SSSR count). The Morgan fingerprint density at radius 1 is 1.08 bits per heavy atom. The molecule has 2 atom stereocenters. The molecule has 0 amide bonds. The van der Waals surface area contributed by atoms with Gasteiger partial charge in [0.1, 0.15) is 0 Å². The largest absolute Gasteiger partial charge is 0.372 e. The van der Waals surface area contributed by atoms with Crippen molar-refractivity contribution in [3.05, 3.63) is 70.7 Å². The van der Waals surface area contributed by atoms with Crippen molar-refractivity contribution in [3.63, 3.8) is 0 Å². The van der Waals surface area contributed by atoms with E-state index >= 15 is 0 Å². The van der Waals surface area contributed by atoms with Crippen molar-refractivity contribution >= 4 is 21.6 Å². The fraction of sp³-hybridized carbons (Fsp3) is 0.368. The van der Waals surface area contributed by atoms with Gasteiger partial charge < -0.3 is 4.74 Å². The Bertz CT molecular complexity index is 810. The zero-order valence-corrected chi connectivity index (χ0v) is 15.7. The van der Waals surface area contributed by atoms with E-state index < -0.39 is 10.0 Å². The standard InChI is InChI=1S/C19H22ClNO3S/c1-15-12-21(13-18(24-15)11-16-7-3-2-4-8-16)25(22,23)14-17-9-5-6-10-19(17)20/h2-10,15,18H,11-14H2,1H3. The molecule has 6 heteroatoms. The predicted octanol–water partition coefficient (Wildman–Crippen LogP) is 3.50. The summed E-state index contributed by atoms with van der Waals surface area (Å²) in [6.45, 7) is 2.65. The number of nitrogens with zero attached hydrogens (tertiary/aromatic N) is 1. The minimum absolute atomic E-state index is 0.0859. The summed E-state index contributed by atoms with van der Waals surface area (Å²) in [5, 5.41) is 0.480. The lowest BCUT2D eigenvalue weighted by atomic mass is 10.1. The first-order chi connectivity index (χ1) is 11.9. The molecule has 1 aliphatic rings. The van der Waals surface area contributed by atoms with Gasteiger partial charge in [-0.2, -0.15) is 4.31 Å².